The highest BCUT2D eigenvalue weighted by molar-refractivity contribution is 5.73. The average molecular weight is 228 g/mol. The Balaban J connectivity index is 2.60. The number of hydrogen-bond donors (Lipinski definition) is 2. The van der Waals surface area contributed by atoms with Crippen LogP contribution in [0.1, 0.15) is 39.5 Å². The van der Waals surface area contributed by atoms with Crippen molar-refractivity contribution in [2.24, 2.45) is 0 Å². The fourth-order valence-electron chi connectivity index (χ4n) is 2.66. The van der Waals surface area contributed by atoms with E-state index in [0.717, 1.165) is 19.4 Å². The van der Waals surface area contributed by atoms with Crippen molar-refractivity contribution < 1.29 is 9.90 Å². The Morgan fingerprint density at radius 2 is 2.12 bits per heavy atom. The van der Waals surface area contributed by atoms with Gasteiger partial charge in [-0.1, -0.05) is 12.8 Å². The predicted molar refractivity (Wildman–Crippen MR) is 64.2 cm³/mol. The monoisotopic (exact) mass is 228 g/mol. The number of hydrogen-bond acceptors (Lipinski definition) is 3. The van der Waals surface area contributed by atoms with E-state index in [1.54, 1.807) is 6.92 Å². The molecule has 1 fully saturated rings. The molecule has 1 aliphatic carbocycles. The molecule has 0 aromatic carbocycles. The Morgan fingerprint density at radius 3 is 2.69 bits per heavy atom. The topological polar surface area (TPSA) is 52.6 Å². The highest BCUT2D eigenvalue weighted by atomic mass is 16.3. The van der Waals surface area contributed by atoms with Gasteiger partial charge in [-0.05, 0) is 19.8 Å². The van der Waals surface area contributed by atoms with Crippen LogP contribution in [0.2, 0.25) is 0 Å². The highest BCUT2D eigenvalue weighted by Gasteiger charge is 2.30. The van der Waals surface area contributed by atoms with Gasteiger partial charge in [-0.3, -0.25) is 4.79 Å². The van der Waals surface area contributed by atoms with Crippen molar-refractivity contribution in [3.05, 3.63) is 0 Å². The van der Waals surface area contributed by atoms with Crippen LogP contribution in [0.25, 0.3) is 0 Å². The third-order valence-electron chi connectivity index (χ3n) is 3.39. The summed E-state index contributed by atoms with van der Waals surface area (Å²) in [5.74, 6) is 0.158. The fourth-order valence-corrected chi connectivity index (χ4v) is 2.66. The first-order valence-electron chi connectivity index (χ1n) is 6.32. The van der Waals surface area contributed by atoms with Crippen LogP contribution < -0.4 is 5.32 Å². The first-order chi connectivity index (χ1) is 7.70. The molecule has 1 rings (SSSR count). The van der Waals surface area contributed by atoms with Gasteiger partial charge in [0, 0.05) is 32.1 Å². The van der Waals surface area contributed by atoms with Crippen molar-refractivity contribution in [2.45, 2.75) is 51.6 Å². The molecular formula is C12H24N2O2. The highest BCUT2D eigenvalue weighted by Crippen LogP contribution is 2.23. The first-order valence-corrected chi connectivity index (χ1v) is 6.32. The van der Waals surface area contributed by atoms with Crippen LogP contribution in [-0.4, -0.2) is 47.7 Å². The lowest BCUT2D eigenvalue weighted by atomic mass is 9.89. The molecule has 0 bridgehead atoms. The van der Waals surface area contributed by atoms with Gasteiger partial charge in [0.05, 0.1) is 6.61 Å². The number of rotatable bonds is 5. The minimum absolute atomic E-state index is 0.158. The molecule has 0 heterocycles. The summed E-state index contributed by atoms with van der Waals surface area (Å²) in [4.78, 5) is 13.5. The zero-order chi connectivity index (χ0) is 12.0. The second kappa shape index (κ2) is 6.86. The number of carbonyl (C=O) groups excluding carboxylic acids is 1. The first kappa shape index (κ1) is 13.5. The van der Waals surface area contributed by atoms with E-state index in [1.807, 2.05) is 11.8 Å². The molecule has 94 valence electrons. The number of aliphatic hydroxyl groups is 1. The number of carbonyl (C=O) groups is 1. The third kappa shape index (κ3) is 3.46. The van der Waals surface area contributed by atoms with Gasteiger partial charge in [0.15, 0.2) is 0 Å². The standard InChI is InChI=1S/C12H24N2O2/c1-3-14(10(2)16)12-7-5-4-6-11(12)13-8-9-15/h11-13,15H,3-9H2,1-2H3/t11-,12-/m0/s1. The number of nitrogens with zero attached hydrogens (tertiary/aromatic N) is 1. The molecule has 1 saturated carbocycles. The zero-order valence-electron chi connectivity index (χ0n) is 10.4. The lowest BCUT2D eigenvalue weighted by Crippen LogP contribution is -2.53. The van der Waals surface area contributed by atoms with Crippen molar-refractivity contribution >= 4 is 5.91 Å². The lowest BCUT2D eigenvalue weighted by molar-refractivity contribution is -0.132. The molecule has 16 heavy (non-hydrogen) atoms. The normalized spacial score (nSPS) is 25.4. The maximum absolute atomic E-state index is 11.5. The van der Waals surface area contributed by atoms with Crippen LogP contribution in [0.15, 0.2) is 0 Å². The third-order valence-corrected chi connectivity index (χ3v) is 3.39. The van der Waals surface area contributed by atoms with Gasteiger partial charge in [-0.25, -0.2) is 0 Å². The van der Waals surface area contributed by atoms with Gasteiger partial charge in [0.25, 0.3) is 0 Å². The number of likely N-dealkylation sites (N-methyl/N-ethyl adjacent to an activating group) is 1. The van der Waals surface area contributed by atoms with E-state index < -0.39 is 0 Å². The number of amides is 1. The summed E-state index contributed by atoms with van der Waals surface area (Å²) >= 11 is 0. The summed E-state index contributed by atoms with van der Waals surface area (Å²) in [5.41, 5.74) is 0. The molecule has 0 unspecified atom stereocenters. The van der Waals surface area contributed by atoms with Gasteiger partial charge in [0.2, 0.25) is 5.91 Å². The minimum atomic E-state index is 0.158. The largest absolute Gasteiger partial charge is 0.395 e. The Labute approximate surface area is 98.0 Å². The summed E-state index contributed by atoms with van der Waals surface area (Å²) in [6.07, 6.45) is 4.60. The molecule has 0 aromatic rings. The lowest BCUT2D eigenvalue weighted by Gasteiger charge is -2.39. The minimum Gasteiger partial charge on any atom is -0.395 e. The predicted octanol–water partition coefficient (Wildman–Crippen LogP) is 0.748. The second-order valence-electron chi connectivity index (χ2n) is 4.44. The van der Waals surface area contributed by atoms with E-state index >= 15 is 0 Å². The summed E-state index contributed by atoms with van der Waals surface area (Å²) in [6.45, 7) is 5.23. The molecule has 4 nitrogen and oxygen atoms in total. The van der Waals surface area contributed by atoms with Crippen LogP contribution in [0.4, 0.5) is 0 Å². The van der Waals surface area contributed by atoms with E-state index in [-0.39, 0.29) is 12.5 Å². The molecule has 0 aliphatic heterocycles. The molecule has 4 heteroatoms. The van der Waals surface area contributed by atoms with Crippen LogP contribution in [0.5, 0.6) is 0 Å². The summed E-state index contributed by atoms with van der Waals surface area (Å²) < 4.78 is 0. The molecule has 0 saturated heterocycles. The molecule has 1 aliphatic rings. The maximum Gasteiger partial charge on any atom is 0.219 e. The van der Waals surface area contributed by atoms with Crippen molar-refractivity contribution in [1.82, 2.24) is 10.2 Å². The van der Waals surface area contributed by atoms with Crippen molar-refractivity contribution in [1.29, 1.82) is 0 Å². The summed E-state index contributed by atoms with van der Waals surface area (Å²) in [7, 11) is 0. The molecule has 0 radical (unpaired) electrons. The van der Waals surface area contributed by atoms with E-state index in [0.29, 0.717) is 18.6 Å². The molecule has 0 aromatic heterocycles. The van der Waals surface area contributed by atoms with Crippen LogP contribution in [0, 0.1) is 0 Å². The van der Waals surface area contributed by atoms with Crippen molar-refractivity contribution in [3.63, 3.8) is 0 Å². The van der Waals surface area contributed by atoms with Crippen molar-refractivity contribution in [2.75, 3.05) is 19.7 Å². The van der Waals surface area contributed by atoms with E-state index in [2.05, 4.69) is 5.32 Å². The summed E-state index contributed by atoms with van der Waals surface area (Å²) in [6, 6.07) is 0.660. The van der Waals surface area contributed by atoms with Gasteiger partial charge >= 0.3 is 0 Å². The Kier molecular flexibility index (Phi) is 5.77. The summed E-state index contributed by atoms with van der Waals surface area (Å²) in [5, 5.41) is 12.2. The van der Waals surface area contributed by atoms with E-state index in [1.165, 1.54) is 12.8 Å². The van der Waals surface area contributed by atoms with Gasteiger partial charge < -0.3 is 15.3 Å². The Bertz CT molecular complexity index is 221. The average Bonchev–Trinajstić information content (AvgIpc) is 2.28. The molecular weight excluding hydrogens is 204 g/mol. The maximum atomic E-state index is 11.5. The van der Waals surface area contributed by atoms with Crippen LogP contribution in [-0.2, 0) is 4.79 Å². The van der Waals surface area contributed by atoms with Crippen molar-refractivity contribution in [3.8, 4) is 0 Å². The molecule has 2 N–H and O–H groups in total. The molecule has 0 spiro atoms. The Hall–Kier alpha value is -0.610. The zero-order valence-corrected chi connectivity index (χ0v) is 10.4. The van der Waals surface area contributed by atoms with E-state index in [4.69, 9.17) is 5.11 Å². The van der Waals surface area contributed by atoms with Gasteiger partial charge in [-0.2, -0.15) is 0 Å². The smallest absolute Gasteiger partial charge is 0.219 e. The van der Waals surface area contributed by atoms with Gasteiger partial charge in [0.1, 0.15) is 0 Å². The van der Waals surface area contributed by atoms with Gasteiger partial charge in [-0.15, -0.1) is 0 Å². The molecule has 1 amide bonds. The number of aliphatic hydroxyl groups excluding tert-OH is 1. The fraction of sp³-hybridized carbons (Fsp3) is 0.917. The SMILES string of the molecule is CCN(C(C)=O)[C@H]1CCCC[C@@H]1NCCO. The Morgan fingerprint density at radius 1 is 1.44 bits per heavy atom. The van der Waals surface area contributed by atoms with E-state index in [9.17, 15) is 4.79 Å². The number of nitrogens with one attached hydrogen (secondary N) is 1. The quantitative estimate of drug-likeness (QED) is 0.730. The van der Waals surface area contributed by atoms with Crippen LogP contribution >= 0.6 is 0 Å². The molecule has 2 atom stereocenters. The second-order valence-corrected chi connectivity index (χ2v) is 4.44. The van der Waals surface area contributed by atoms with Crippen LogP contribution in [0.3, 0.4) is 0 Å².